The van der Waals surface area contributed by atoms with Gasteiger partial charge in [-0.15, -0.1) is 0 Å². The molecule has 2 unspecified atom stereocenters. The normalized spacial score (nSPS) is 21.1. The highest BCUT2D eigenvalue weighted by molar-refractivity contribution is 5.84. The molecule has 0 amide bonds. The first-order valence-electron chi connectivity index (χ1n) is 10.5. The van der Waals surface area contributed by atoms with E-state index in [0.29, 0.717) is 11.7 Å². The SMILES string of the molecule is COC(=O)Oc1ccc(C2(c3ccc(C)cc3)c3ccccc3C3=CC=CCC32)cc1. The predicted octanol–water partition coefficient (Wildman–Crippen LogP) is 6.45. The monoisotopic (exact) mass is 408 g/mol. The van der Waals surface area contributed by atoms with Gasteiger partial charge in [-0.05, 0) is 53.3 Å². The van der Waals surface area contributed by atoms with Crippen molar-refractivity contribution in [2.24, 2.45) is 5.92 Å². The van der Waals surface area contributed by atoms with Gasteiger partial charge >= 0.3 is 6.16 Å². The van der Waals surface area contributed by atoms with E-state index < -0.39 is 6.16 Å². The summed E-state index contributed by atoms with van der Waals surface area (Å²) in [4.78, 5) is 11.5. The lowest BCUT2D eigenvalue weighted by molar-refractivity contribution is 0.121. The smallest absolute Gasteiger partial charge is 0.437 e. The van der Waals surface area contributed by atoms with Gasteiger partial charge in [-0.1, -0.05) is 84.5 Å². The van der Waals surface area contributed by atoms with Crippen LogP contribution in [0.15, 0.2) is 91.0 Å². The molecule has 2 aliphatic rings. The van der Waals surface area contributed by atoms with Crippen LogP contribution in [0.3, 0.4) is 0 Å². The number of ether oxygens (including phenoxy) is 2. The molecule has 3 heteroatoms. The molecule has 3 aromatic carbocycles. The van der Waals surface area contributed by atoms with Gasteiger partial charge in [0.05, 0.1) is 12.5 Å². The minimum atomic E-state index is -0.713. The zero-order chi connectivity index (χ0) is 21.4. The summed E-state index contributed by atoms with van der Waals surface area (Å²) >= 11 is 0. The fraction of sp³-hybridized carbons (Fsp3) is 0.179. The highest BCUT2D eigenvalue weighted by Gasteiger charge is 2.51. The summed E-state index contributed by atoms with van der Waals surface area (Å²) in [5, 5.41) is 0. The van der Waals surface area contributed by atoms with Crippen molar-refractivity contribution in [3.8, 4) is 5.75 Å². The number of fused-ring (bicyclic) bond motifs is 3. The molecule has 0 heterocycles. The molecular formula is C28H24O3. The maximum Gasteiger partial charge on any atom is 0.513 e. The molecule has 0 radical (unpaired) electrons. The Kier molecular flexibility index (Phi) is 4.74. The quantitative estimate of drug-likeness (QED) is 0.369. The lowest BCUT2D eigenvalue weighted by atomic mass is 9.63. The Balaban J connectivity index is 1.74. The van der Waals surface area contributed by atoms with Crippen LogP contribution < -0.4 is 4.74 Å². The zero-order valence-corrected chi connectivity index (χ0v) is 17.7. The maximum absolute atomic E-state index is 11.5. The molecule has 31 heavy (non-hydrogen) atoms. The van der Waals surface area contributed by atoms with E-state index >= 15 is 0 Å². The van der Waals surface area contributed by atoms with Crippen LogP contribution in [0.4, 0.5) is 4.79 Å². The average Bonchev–Trinajstić information content (AvgIpc) is 3.11. The third kappa shape index (κ3) is 3.00. The number of carbonyl (C=O) groups is 1. The first-order valence-corrected chi connectivity index (χ1v) is 10.5. The van der Waals surface area contributed by atoms with E-state index in [-0.39, 0.29) is 5.41 Å². The van der Waals surface area contributed by atoms with Gasteiger partial charge in [0, 0.05) is 5.92 Å². The maximum atomic E-state index is 11.5. The fourth-order valence-corrected chi connectivity index (χ4v) is 5.20. The van der Waals surface area contributed by atoms with E-state index in [4.69, 9.17) is 4.74 Å². The fourth-order valence-electron chi connectivity index (χ4n) is 5.20. The summed E-state index contributed by atoms with van der Waals surface area (Å²) in [5.74, 6) is 0.769. The van der Waals surface area contributed by atoms with Crippen molar-refractivity contribution in [2.75, 3.05) is 7.11 Å². The number of allylic oxidation sites excluding steroid dienone is 4. The van der Waals surface area contributed by atoms with Gasteiger partial charge in [0.1, 0.15) is 5.75 Å². The van der Waals surface area contributed by atoms with Crippen molar-refractivity contribution in [1.29, 1.82) is 0 Å². The van der Waals surface area contributed by atoms with E-state index in [0.717, 1.165) is 6.42 Å². The van der Waals surface area contributed by atoms with E-state index in [1.54, 1.807) is 0 Å². The molecule has 154 valence electrons. The van der Waals surface area contributed by atoms with Gasteiger partial charge in [0.25, 0.3) is 0 Å². The molecule has 0 saturated heterocycles. The Bertz CT molecular complexity index is 1190. The van der Waals surface area contributed by atoms with Gasteiger partial charge in [-0.3, -0.25) is 0 Å². The summed E-state index contributed by atoms with van der Waals surface area (Å²) in [6.45, 7) is 2.12. The van der Waals surface area contributed by atoms with Gasteiger partial charge < -0.3 is 9.47 Å². The molecular weight excluding hydrogens is 384 g/mol. The number of benzene rings is 3. The first-order chi connectivity index (χ1) is 15.1. The minimum absolute atomic E-state index is 0.296. The third-order valence-corrected chi connectivity index (χ3v) is 6.53. The molecule has 0 bridgehead atoms. The van der Waals surface area contributed by atoms with Gasteiger partial charge in [-0.25, -0.2) is 4.79 Å². The van der Waals surface area contributed by atoms with Crippen molar-refractivity contribution in [3.05, 3.63) is 119 Å². The summed E-state index contributed by atoms with van der Waals surface area (Å²) in [6.07, 6.45) is 6.94. The van der Waals surface area contributed by atoms with Crippen LogP contribution in [0.2, 0.25) is 0 Å². The number of hydrogen-bond acceptors (Lipinski definition) is 3. The molecule has 3 aromatic rings. The van der Waals surface area contributed by atoms with Crippen molar-refractivity contribution in [3.63, 3.8) is 0 Å². The molecule has 0 aliphatic heterocycles. The summed E-state index contributed by atoms with van der Waals surface area (Å²) in [6, 6.07) is 25.5. The Morgan fingerprint density at radius 2 is 1.61 bits per heavy atom. The van der Waals surface area contributed by atoms with Crippen molar-refractivity contribution < 1.29 is 14.3 Å². The number of carbonyl (C=O) groups excluding carboxylic acids is 1. The molecule has 0 saturated carbocycles. The highest BCUT2D eigenvalue weighted by Crippen LogP contribution is 2.59. The van der Waals surface area contributed by atoms with Crippen LogP contribution in [-0.4, -0.2) is 13.3 Å². The van der Waals surface area contributed by atoms with E-state index in [1.807, 2.05) is 12.1 Å². The second-order valence-corrected chi connectivity index (χ2v) is 8.14. The number of rotatable bonds is 3. The predicted molar refractivity (Wildman–Crippen MR) is 122 cm³/mol. The van der Waals surface area contributed by atoms with Gasteiger partial charge in [0.2, 0.25) is 0 Å². The van der Waals surface area contributed by atoms with Gasteiger partial charge in [0.15, 0.2) is 0 Å². The standard InChI is InChI=1S/C28H24O3/c1-19-11-13-20(14-12-19)28(21-15-17-22(18-16-21)31-27(29)30-2)25-9-5-3-7-23(25)24-8-4-6-10-26(24)28/h3-9,11-18,26H,10H2,1-2H3. The number of methoxy groups -OCH3 is 1. The zero-order valence-electron chi connectivity index (χ0n) is 17.7. The van der Waals surface area contributed by atoms with Crippen molar-refractivity contribution in [1.82, 2.24) is 0 Å². The summed E-state index contributed by atoms with van der Waals surface area (Å²) in [7, 11) is 1.31. The molecule has 5 rings (SSSR count). The lowest BCUT2D eigenvalue weighted by Gasteiger charge is -2.39. The second kappa shape index (κ2) is 7.59. The number of aryl methyl sites for hydroxylation is 1. The molecule has 0 aromatic heterocycles. The second-order valence-electron chi connectivity index (χ2n) is 8.14. The van der Waals surface area contributed by atoms with E-state index in [1.165, 1.54) is 40.5 Å². The topological polar surface area (TPSA) is 35.5 Å². The molecule has 0 fully saturated rings. The lowest BCUT2D eigenvalue weighted by Crippen LogP contribution is -2.34. The largest absolute Gasteiger partial charge is 0.513 e. The van der Waals surface area contributed by atoms with Crippen LogP contribution in [0.25, 0.3) is 5.57 Å². The minimum Gasteiger partial charge on any atom is -0.437 e. The number of hydrogen-bond donors (Lipinski definition) is 0. The van der Waals surface area contributed by atoms with Gasteiger partial charge in [-0.2, -0.15) is 0 Å². The summed E-state index contributed by atoms with van der Waals surface area (Å²) < 4.78 is 9.85. The third-order valence-electron chi connectivity index (χ3n) is 6.53. The van der Waals surface area contributed by atoms with Crippen LogP contribution in [-0.2, 0) is 10.2 Å². The molecule has 0 spiro atoms. The Morgan fingerprint density at radius 3 is 2.32 bits per heavy atom. The van der Waals surface area contributed by atoms with Crippen molar-refractivity contribution >= 4 is 11.7 Å². The Morgan fingerprint density at radius 1 is 0.935 bits per heavy atom. The molecule has 3 nitrogen and oxygen atoms in total. The average molecular weight is 408 g/mol. The Labute approximate surface area is 182 Å². The van der Waals surface area contributed by atoms with E-state index in [9.17, 15) is 4.79 Å². The van der Waals surface area contributed by atoms with Crippen LogP contribution in [0.5, 0.6) is 5.75 Å². The van der Waals surface area contributed by atoms with E-state index in [2.05, 4.69) is 90.6 Å². The Hall–Kier alpha value is -3.59. The van der Waals surface area contributed by atoms with Crippen molar-refractivity contribution in [2.45, 2.75) is 18.8 Å². The first kappa shape index (κ1) is 19.4. The molecule has 2 aliphatic carbocycles. The van der Waals surface area contributed by atoms with Crippen LogP contribution >= 0.6 is 0 Å². The highest BCUT2D eigenvalue weighted by atomic mass is 16.7. The van der Waals surface area contributed by atoms with Crippen LogP contribution in [0.1, 0.15) is 34.2 Å². The molecule has 0 N–H and O–H groups in total. The summed E-state index contributed by atoms with van der Waals surface area (Å²) in [5.41, 5.74) is 7.40. The van der Waals surface area contributed by atoms with Crippen LogP contribution in [0, 0.1) is 12.8 Å². The molecule has 2 atom stereocenters.